The second-order valence-corrected chi connectivity index (χ2v) is 6.52. The molecule has 0 atom stereocenters. The largest absolute Gasteiger partial charge is 0.427 e. The highest BCUT2D eigenvalue weighted by Gasteiger charge is 2.16. The third-order valence-corrected chi connectivity index (χ3v) is 4.42. The lowest BCUT2D eigenvalue weighted by Gasteiger charge is -2.33. The van der Waals surface area contributed by atoms with Crippen LogP contribution in [-0.2, 0) is 11.3 Å². The highest BCUT2D eigenvalue weighted by molar-refractivity contribution is 5.98. The third-order valence-electron chi connectivity index (χ3n) is 4.42. The maximum absolute atomic E-state index is 11.0. The van der Waals surface area contributed by atoms with E-state index in [4.69, 9.17) is 9.84 Å². The molecule has 0 saturated carbocycles. The first kappa shape index (κ1) is 18.1. The van der Waals surface area contributed by atoms with Crippen molar-refractivity contribution in [2.45, 2.75) is 20.4 Å². The van der Waals surface area contributed by atoms with Crippen molar-refractivity contribution in [1.29, 1.82) is 0 Å². The Hall–Kier alpha value is -2.66. The summed E-state index contributed by atoms with van der Waals surface area (Å²) in [6.45, 7) is 8.28. The third kappa shape index (κ3) is 5.17. The summed E-state index contributed by atoms with van der Waals surface area (Å²) in [5.41, 5.74) is 3.36. The van der Waals surface area contributed by atoms with E-state index >= 15 is 0 Å². The van der Waals surface area contributed by atoms with Crippen LogP contribution in [0.3, 0.4) is 0 Å². The van der Waals surface area contributed by atoms with Crippen molar-refractivity contribution in [3.63, 3.8) is 0 Å². The van der Waals surface area contributed by atoms with Gasteiger partial charge in [-0.2, -0.15) is 5.10 Å². The number of benzene rings is 2. The van der Waals surface area contributed by atoms with Gasteiger partial charge in [-0.3, -0.25) is 14.7 Å². The van der Waals surface area contributed by atoms with Crippen LogP contribution in [0.5, 0.6) is 5.75 Å². The second kappa shape index (κ2) is 8.63. The Labute approximate surface area is 154 Å². The van der Waals surface area contributed by atoms with Crippen LogP contribution >= 0.6 is 0 Å². The minimum Gasteiger partial charge on any atom is -0.427 e. The predicted octanol–water partition coefficient (Wildman–Crippen LogP) is 3.15. The molecule has 2 aromatic rings. The van der Waals surface area contributed by atoms with Gasteiger partial charge in [0.25, 0.3) is 0 Å². The molecule has 5 heteroatoms. The fraction of sp³-hybridized carbons (Fsp3) is 0.333. The number of esters is 1. The Morgan fingerprint density at radius 2 is 1.62 bits per heavy atom. The van der Waals surface area contributed by atoms with Gasteiger partial charge in [0.2, 0.25) is 0 Å². The Morgan fingerprint density at radius 1 is 0.962 bits per heavy atom. The number of hydrogen-bond acceptors (Lipinski definition) is 5. The Kier molecular flexibility index (Phi) is 6.02. The van der Waals surface area contributed by atoms with Gasteiger partial charge >= 0.3 is 5.97 Å². The van der Waals surface area contributed by atoms with Crippen molar-refractivity contribution in [3.8, 4) is 5.75 Å². The predicted molar refractivity (Wildman–Crippen MR) is 103 cm³/mol. The van der Waals surface area contributed by atoms with Crippen LogP contribution in [0.4, 0.5) is 0 Å². The number of hydrazone groups is 1. The normalized spacial score (nSPS) is 15.8. The van der Waals surface area contributed by atoms with E-state index in [-0.39, 0.29) is 5.97 Å². The minimum atomic E-state index is -0.309. The first-order chi connectivity index (χ1) is 12.6. The SMILES string of the molecule is CC(=O)Oc1ccc(/C(C)=N/N2CCN(Cc3ccccc3)CC2)cc1. The molecule has 136 valence electrons. The summed E-state index contributed by atoms with van der Waals surface area (Å²) in [6, 6.07) is 18.0. The molecular weight excluding hydrogens is 326 g/mol. The molecule has 0 spiro atoms. The maximum Gasteiger partial charge on any atom is 0.308 e. The number of carbonyl (C=O) groups is 1. The minimum absolute atomic E-state index is 0.309. The highest BCUT2D eigenvalue weighted by Crippen LogP contribution is 2.14. The van der Waals surface area contributed by atoms with E-state index in [0.717, 1.165) is 44.0 Å². The van der Waals surface area contributed by atoms with Crippen molar-refractivity contribution in [2.75, 3.05) is 26.2 Å². The maximum atomic E-state index is 11.0. The van der Waals surface area contributed by atoms with Crippen molar-refractivity contribution in [1.82, 2.24) is 9.91 Å². The van der Waals surface area contributed by atoms with E-state index in [9.17, 15) is 4.79 Å². The number of piperazine rings is 1. The zero-order valence-corrected chi connectivity index (χ0v) is 15.4. The molecule has 1 heterocycles. The summed E-state index contributed by atoms with van der Waals surface area (Å²) in [5, 5.41) is 6.89. The number of nitrogens with zero attached hydrogens (tertiary/aromatic N) is 3. The van der Waals surface area contributed by atoms with Gasteiger partial charge in [0.1, 0.15) is 5.75 Å². The summed E-state index contributed by atoms with van der Waals surface area (Å²) in [5.74, 6) is 0.250. The van der Waals surface area contributed by atoms with Crippen LogP contribution in [0.2, 0.25) is 0 Å². The first-order valence-electron chi connectivity index (χ1n) is 8.95. The molecule has 0 N–H and O–H groups in total. The van der Waals surface area contributed by atoms with Crippen LogP contribution < -0.4 is 4.74 Å². The fourth-order valence-corrected chi connectivity index (χ4v) is 3.04. The van der Waals surface area contributed by atoms with Crippen LogP contribution in [0, 0.1) is 0 Å². The molecular formula is C21H25N3O2. The molecule has 0 aromatic heterocycles. The smallest absolute Gasteiger partial charge is 0.308 e. The van der Waals surface area contributed by atoms with Gasteiger partial charge in [-0.05, 0) is 42.3 Å². The molecule has 1 aliphatic heterocycles. The molecule has 3 rings (SSSR count). The van der Waals surface area contributed by atoms with Gasteiger partial charge in [0.05, 0.1) is 5.71 Å². The quantitative estimate of drug-likeness (QED) is 0.472. The van der Waals surface area contributed by atoms with Crippen LogP contribution in [0.1, 0.15) is 25.0 Å². The molecule has 0 amide bonds. The summed E-state index contributed by atoms with van der Waals surface area (Å²) >= 11 is 0. The van der Waals surface area contributed by atoms with E-state index in [1.54, 1.807) is 12.1 Å². The van der Waals surface area contributed by atoms with Gasteiger partial charge in [-0.25, -0.2) is 0 Å². The van der Waals surface area contributed by atoms with E-state index in [2.05, 4.69) is 40.2 Å². The molecule has 0 bridgehead atoms. The Bertz CT molecular complexity index is 749. The van der Waals surface area contributed by atoms with E-state index in [1.165, 1.54) is 12.5 Å². The van der Waals surface area contributed by atoms with Gasteiger partial charge < -0.3 is 4.74 Å². The highest BCUT2D eigenvalue weighted by atomic mass is 16.5. The Morgan fingerprint density at radius 3 is 2.23 bits per heavy atom. The zero-order valence-electron chi connectivity index (χ0n) is 15.4. The lowest BCUT2D eigenvalue weighted by atomic mass is 10.1. The first-order valence-corrected chi connectivity index (χ1v) is 8.95. The zero-order chi connectivity index (χ0) is 18.4. The van der Waals surface area contributed by atoms with Crippen LogP contribution in [-0.4, -0.2) is 47.8 Å². The molecule has 5 nitrogen and oxygen atoms in total. The average molecular weight is 351 g/mol. The topological polar surface area (TPSA) is 45.1 Å². The number of hydrogen-bond donors (Lipinski definition) is 0. The van der Waals surface area contributed by atoms with Crippen molar-refractivity contribution >= 4 is 11.7 Å². The molecule has 2 aromatic carbocycles. The van der Waals surface area contributed by atoms with E-state index in [0.29, 0.717) is 5.75 Å². The lowest BCUT2D eigenvalue weighted by molar-refractivity contribution is -0.131. The van der Waals surface area contributed by atoms with Gasteiger partial charge in [-0.15, -0.1) is 0 Å². The molecule has 1 aliphatic rings. The van der Waals surface area contributed by atoms with E-state index < -0.39 is 0 Å². The molecule has 0 radical (unpaired) electrons. The summed E-state index contributed by atoms with van der Waals surface area (Å²) < 4.78 is 5.06. The molecule has 26 heavy (non-hydrogen) atoms. The van der Waals surface area contributed by atoms with Gasteiger partial charge in [0.15, 0.2) is 0 Å². The lowest BCUT2D eigenvalue weighted by Crippen LogP contribution is -2.43. The van der Waals surface area contributed by atoms with E-state index in [1.807, 2.05) is 19.1 Å². The van der Waals surface area contributed by atoms with Crippen molar-refractivity contribution in [2.24, 2.45) is 5.10 Å². The van der Waals surface area contributed by atoms with Gasteiger partial charge in [-0.1, -0.05) is 30.3 Å². The average Bonchev–Trinajstić information content (AvgIpc) is 2.64. The number of ether oxygens (including phenoxy) is 1. The van der Waals surface area contributed by atoms with Crippen molar-refractivity contribution in [3.05, 3.63) is 65.7 Å². The Balaban J connectivity index is 1.53. The van der Waals surface area contributed by atoms with Crippen LogP contribution in [0.15, 0.2) is 59.7 Å². The van der Waals surface area contributed by atoms with Crippen molar-refractivity contribution < 1.29 is 9.53 Å². The molecule has 1 fully saturated rings. The van der Waals surface area contributed by atoms with Crippen LogP contribution in [0.25, 0.3) is 0 Å². The summed E-state index contributed by atoms with van der Waals surface area (Å²) in [4.78, 5) is 13.4. The summed E-state index contributed by atoms with van der Waals surface area (Å²) in [6.07, 6.45) is 0. The van der Waals surface area contributed by atoms with Gasteiger partial charge in [0, 0.05) is 39.6 Å². The molecule has 0 unspecified atom stereocenters. The molecule has 0 aliphatic carbocycles. The number of carbonyl (C=O) groups excluding carboxylic acids is 1. The molecule has 1 saturated heterocycles. The summed E-state index contributed by atoms with van der Waals surface area (Å²) in [7, 11) is 0. The monoisotopic (exact) mass is 351 g/mol. The second-order valence-electron chi connectivity index (χ2n) is 6.52. The standard InChI is InChI=1S/C21H25N3O2/c1-17(20-8-10-21(11-9-20)26-18(2)25)22-24-14-12-23(13-15-24)16-19-6-4-3-5-7-19/h3-11H,12-16H2,1-2H3/b22-17+. The number of rotatable bonds is 5. The fourth-order valence-electron chi connectivity index (χ4n) is 3.04.